The summed E-state index contributed by atoms with van der Waals surface area (Å²) in [7, 11) is 0. The zero-order valence-corrected chi connectivity index (χ0v) is 19.1. The molecule has 0 saturated heterocycles. The van der Waals surface area contributed by atoms with Gasteiger partial charge in [0.25, 0.3) is 5.91 Å². The first kappa shape index (κ1) is 25.4. The molecular weight excluding hydrogens is 465 g/mol. The lowest BCUT2D eigenvalue weighted by Gasteiger charge is -2.29. The van der Waals surface area contributed by atoms with Gasteiger partial charge in [-0.2, -0.15) is 13.2 Å². The number of carbonyl (C=O) groups excluding carboxylic acids is 1. The number of anilines is 2. The standard InChI is InChI=1S/C23H27F3N6OS/c24-23(25,26)14-5-7-16(8-6-14)32-34-17-11-9-15(10-12-17)31-21(28)18(22(29)33)13-30-20-4-2-1-3-19(20)27/h5-13,19-20,30,32H,1-4,27H2,(H2,28,31)(H2,29,33)/b18-13+/t19?,20-/m0/s1. The molecule has 182 valence electrons. The maximum absolute atomic E-state index is 12.7. The van der Waals surface area contributed by atoms with Gasteiger partial charge in [-0.15, -0.1) is 0 Å². The molecule has 1 unspecified atom stereocenters. The third-order valence-electron chi connectivity index (χ3n) is 5.42. The number of hydrogen-bond donors (Lipinski definition) is 6. The first-order valence-corrected chi connectivity index (χ1v) is 11.5. The highest BCUT2D eigenvalue weighted by Crippen LogP contribution is 2.31. The quantitative estimate of drug-likeness (QED) is 0.140. The highest BCUT2D eigenvalue weighted by Gasteiger charge is 2.30. The molecule has 0 aliphatic heterocycles. The van der Waals surface area contributed by atoms with Crippen molar-refractivity contribution < 1.29 is 18.0 Å². The van der Waals surface area contributed by atoms with Crippen LogP contribution in [0.25, 0.3) is 0 Å². The van der Waals surface area contributed by atoms with Gasteiger partial charge in [0.15, 0.2) is 0 Å². The highest BCUT2D eigenvalue weighted by molar-refractivity contribution is 8.00. The number of rotatable bonds is 8. The molecule has 0 heterocycles. The molecule has 11 heteroatoms. The van der Waals surface area contributed by atoms with Crippen molar-refractivity contribution in [2.45, 2.75) is 48.8 Å². The maximum Gasteiger partial charge on any atom is 0.416 e. The van der Waals surface area contributed by atoms with E-state index in [2.05, 4.69) is 15.4 Å². The summed E-state index contributed by atoms with van der Waals surface area (Å²) in [5.74, 6) is -0.880. The van der Waals surface area contributed by atoms with Gasteiger partial charge in [0.1, 0.15) is 5.84 Å². The van der Waals surface area contributed by atoms with Crippen LogP contribution in [-0.4, -0.2) is 23.8 Å². The Morgan fingerprint density at radius 3 is 2.24 bits per heavy atom. The van der Waals surface area contributed by atoms with Crippen LogP contribution < -0.4 is 26.8 Å². The lowest BCUT2D eigenvalue weighted by molar-refractivity contribution is -0.137. The molecular formula is C23H27F3N6OS. The van der Waals surface area contributed by atoms with E-state index in [0.29, 0.717) is 11.4 Å². The lowest BCUT2D eigenvalue weighted by atomic mass is 9.91. The van der Waals surface area contributed by atoms with Gasteiger partial charge in [-0.1, -0.05) is 12.8 Å². The molecule has 8 N–H and O–H groups in total. The molecule has 1 amide bonds. The summed E-state index contributed by atoms with van der Waals surface area (Å²) in [5.41, 5.74) is 12.0. The summed E-state index contributed by atoms with van der Waals surface area (Å²) in [6, 6.07) is 11.7. The van der Waals surface area contributed by atoms with Gasteiger partial charge < -0.3 is 26.8 Å². The number of halogens is 3. The van der Waals surface area contributed by atoms with E-state index in [4.69, 9.17) is 16.9 Å². The zero-order chi connectivity index (χ0) is 24.7. The predicted octanol–water partition coefficient (Wildman–Crippen LogP) is 4.44. The summed E-state index contributed by atoms with van der Waals surface area (Å²) in [4.78, 5) is 12.7. The van der Waals surface area contributed by atoms with E-state index in [9.17, 15) is 18.0 Å². The summed E-state index contributed by atoms with van der Waals surface area (Å²) < 4.78 is 40.9. The van der Waals surface area contributed by atoms with E-state index < -0.39 is 17.6 Å². The Morgan fingerprint density at radius 1 is 1.03 bits per heavy atom. The normalized spacial score (nSPS) is 18.8. The third kappa shape index (κ3) is 7.16. The van der Waals surface area contributed by atoms with Crippen molar-refractivity contribution in [3.8, 4) is 0 Å². The van der Waals surface area contributed by atoms with Crippen molar-refractivity contribution in [3.05, 3.63) is 65.9 Å². The van der Waals surface area contributed by atoms with Crippen molar-refractivity contribution in [1.82, 2.24) is 5.32 Å². The Morgan fingerprint density at radius 2 is 1.65 bits per heavy atom. The Kier molecular flexibility index (Phi) is 8.46. The second-order valence-electron chi connectivity index (χ2n) is 7.95. The van der Waals surface area contributed by atoms with E-state index in [1.165, 1.54) is 30.3 Å². The molecule has 2 aromatic carbocycles. The molecule has 0 spiro atoms. The Hall–Kier alpha value is -3.18. The molecule has 1 saturated carbocycles. The Labute approximate surface area is 200 Å². The van der Waals surface area contributed by atoms with Gasteiger partial charge in [-0.3, -0.25) is 10.2 Å². The van der Waals surface area contributed by atoms with E-state index in [1.807, 2.05) is 0 Å². The maximum atomic E-state index is 12.7. The number of nitrogens with one attached hydrogen (secondary N) is 4. The molecule has 2 atom stereocenters. The minimum absolute atomic E-state index is 0.0116. The fourth-order valence-electron chi connectivity index (χ4n) is 3.49. The number of hydrogen-bond acceptors (Lipinski definition) is 6. The van der Waals surface area contributed by atoms with E-state index in [0.717, 1.165) is 42.7 Å². The van der Waals surface area contributed by atoms with Crippen molar-refractivity contribution >= 4 is 35.1 Å². The number of amidine groups is 1. The second kappa shape index (κ2) is 11.3. The first-order chi connectivity index (χ1) is 16.1. The number of carbonyl (C=O) groups is 1. The van der Waals surface area contributed by atoms with Crippen LogP contribution in [0.4, 0.5) is 24.5 Å². The fourth-order valence-corrected chi connectivity index (χ4v) is 4.13. The largest absolute Gasteiger partial charge is 0.416 e. The number of benzene rings is 2. The summed E-state index contributed by atoms with van der Waals surface area (Å²) >= 11 is 1.23. The number of primary amides is 1. The number of alkyl halides is 3. The first-order valence-electron chi connectivity index (χ1n) is 10.7. The van der Waals surface area contributed by atoms with Gasteiger partial charge in [0.2, 0.25) is 0 Å². The minimum Gasteiger partial charge on any atom is -0.386 e. The Bertz CT molecular complexity index is 1020. The van der Waals surface area contributed by atoms with E-state index >= 15 is 0 Å². The molecule has 0 bridgehead atoms. The van der Waals surface area contributed by atoms with Crippen molar-refractivity contribution in [2.24, 2.45) is 11.5 Å². The molecule has 0 radical (unpaired) electrons. The van der Waals surface area contributed by atoms with E-state index in [1.54, 1.807) is 24.3 Å². The zero-order valence-electron chi connectivity index (χ0n) is 18.3. The summed E-state index contributed by atoms with van der Waals surface area (Å²) in [6.45, 7) is 0. The van der Waals surface area contributed by atoms with Gasteiger partial charge in [-0.05, 0) is 73.3 Å². The molecule has 34 heavy (non-hydrogen) atoms. The van der Waals surface area contributed by atoms with E-state index in [-0.39, 0.29) is 23.5 Å². The van der Waals surface area contributed by atoms with Crippen LogP contribution in [0.5, 0.6) is 0 Å². The van der Waals surface area contributed by atoms with Crippen LogP contribution >= 0.6 is 11.9 Å². The van der Waals surface area contributed by atoms with Crippen LogP contribution in [0, 0.1) is 5.41 Å². The average molecular weight is 493 g/mol. The number of nitrogens with two attached hydrogens (primary N) is 2. The third-order valence-corrected chi connectivity index (χ3v) is 6.26. The molecule has 2 aromatic rings. The van der Waals surface area contributed by atoms with Crippen LogP contribution in [0.15, 0.2) is 65.2 Å². The monoisotopic (exact) mass is 492 g/mol. The van der Waals surface area contributed by atoms with Crippen LogP contribution in [0.2, 0.25) is 0 Å². The molecule has 7 nitrogen and oxygen atoms in total. The lowest BCUT2D eigenvalue weighted by Crippen LogP contribution is -2.45. The van der Waals surface area contributed by atoms with Gasteiger partial charge >= 0.3 is 6.18 Å². The van der Waals surface area contributed by atoms with Gasteiger partial charge in [0.05, 0.1) is 11.1 Å². The molecule has 1 aliphatic carbocycles. The topological polar surface area (TPSA) is 129 Å². The fraction of sp³-hybridized carbons (Fsp3) is 0.304. The Balaban J connectivity index is 1.55. The van der Waals surface area contributed by atoms with Crippen molar-refractivity contribution in [2.75, 3.05) is 10.0 Å². The smallest absolute Gasteiger partial charge is 0.386 e. The van der Waals surface area contributed by atoms with Crippen LogP contribution in [0.3, 0.4) is 0 Å². The molecule has 3 rings (SSSR count). The van der Waals surface area contributed by atoms with Crippen molar-refractivity contribution in [3.63, 3.8) is 0 Å². The summed E-state index contributed by atoms with van der Waals surface area (Å²) in [6.07, 6.45) is 1.02. The SMILES string of the molecule is N=C(Nc1ccc(SNc2ccc(C(F)(F)F)cc2)cc1)/C(=C\N[C@H]1CCCCC1N)C(N)=O. The minimum atomic E-state index is -4.37. The summed E-state index contributed by atoms with van der Waals surface area (Å²) in [5, 5.41) is 14.2. The average Bonchev–Trinajstić information content (AvgIpc) is 2.79. The number of amides is 1. The molecule has 1 fully saturated rings. The van der Waals surface area contributed by atoms with Gasteiger partial charge in [-0.25, -0.2) is 0 Å². The molecule has 0 aromatic heterocycles. The van der Waals surface area contributed by atoms with Gasteiger partial charge in [0, 0.05) is 34.6 Å². The van der Waals surface area contributed by atoms with Crippen LogP contribution in [0.1, 0.15) is 31.2 Å². The predicted molar refractivity (Wildman–Crippen MR) is 129 cm³/mol. The van der Waals surface area contributed by atoms with Crippen LogP contribution in [-0.2, 0) is 11.0 Å². The highest BCUT2D eigenvalue weighted by atomic mass is 32.2. The molecule has 1 aliphatic rings. The van der Waals surface area contributed by atoms with Crippen molar-refractivity contribution in [1.29, 1.82) is 5.41 Å². The second-order valence-corrected chi connectivity index (χ2v) is 8.83.